The van der Waals surface area contributed by atoms with Crippen molar-refractivity contribution < 1.29 is 31.5 Å². The lowest BCUT2D eigenvalue weighted by Gasteiger charge is -2.27. The molecule has 0 spiro atoms. The van der Waals surface area contributed by atoms with Crippen LogP contribution in [0.4, 0.5) is 0 Å². The summed E-state index contributed by atoms with van der Waals surface area (Å²) < 4.78 is 56.7. The first-order valence-electron chi connectivity index (χ1n) is 13.3. The second kappa shape index (κ2) is 16.1. The third kappa shape index (κ3) is 13.2. The average Bonchev–Trinajstić information content (AvgIpc) is 2.89. The van der Waals surface area contributed by atoms with E-state index in [0.29, 0.717) is 18.7 Å². The molecule has 0 saturated carbocycles. The van der Waals surface area contributed by atoms with Crippen molar-refractivity contribution in [3.05, 3.63) is 65.7 Å². The van der Waals surface area contributed by atoms with Crippen LogP contribution in [0, 0.1) is 5.92 Å². The van der Waals surface area contributed by atoms with Crippen molar-refractivity contribution in [2.75, 3.05) is 31.4 Å². The Labute approximate surface area is 238 Å². The lowest BCUT2D eigenvalue weighted by Crippen LogP contribution is -2.55. The molecule has 3 atom stereocenters. The summed E-state index contributed by atoms with van der Waals surface area (Å²) >= 11 is 0. The molecule has 1 unspecified atom stereocenters. The maximum absolute atomic E-state index is 13.4. The second-order valence-electron chi connectivity index (χ2n) is 10.4. The Morgan fingerprint density at radius 2 is 1.62 bits per heavy atom. The van der Waals surface area contributed by atoms with Gasteiger partial charge in [-0.25, -0.2) is 21.6 Å². The molecule has 4 N–H and O–H groups in total. The molecule has 40 heavy (non-hydrogen) atoms. The molecule has 0 aliphatic carbocycles. The number of aliphatic hydroxyl groups excluding tert-OH is 1. The van der Waals surface area contributed by atoms with Gasteiger partial charge in [-0.3, -0.25) is 4.79 Å². The predicted molar refractivity (Wildman–Crippen MR) is 157 cm³/mol. The largest absolute Gasteiger partial charge is 0.497 e. The molecule has 2 rings (SSSR count). The molecule has 12 heteroatoms. The SMILES string of the molecule is COc1cccc(CNC[C@@H](O)[C@H](Cc2ccccc2)NC(=O)C(CCS(C)(=O)=O)NS(=O)(=O)CCC(C)C)c1. The van der Waals surface area contributed by atoms with Gasteiger partial charge < -0.3 is 20.5 Å². The Hall–Kier alpha value is -2.51. The van der Waals surface area contributed by atoms with Crippen molar-refractivity contribution in [1.82, 2.24) is 15.4 Å². The quantitative estimate of drug-likeness (QED) is 0.203. The van der Waals surface area contributed by atoms with Crippen LogP contribution in [0.3, 0.4) is 0 Å². The third-order valence-electron chi connectivity index (χ3n) is 6.29. The molecule has 10 nitrogen and oxygen atoms in total. The van der Waals surface area contributed by atoms with E-state index in [2.05, 4.69) is 15.4 Å². The first-order valence-corrected chi connectivity index (χ1v) is 17.0. The Morgan fingerprint density at radius 3 is 2.25 bits per heavy atom. The maximum atomic E-state index is 13.4. The number of hydrogen-bond acceptors (Lipinski definition) is 8. The number of amides is 1. The number of nitrogens with one attached hydrogen (secondary N) is 3. The molecule has 0 aromatic heterocycles. The van der Waals surface area contributed by atoms with Crippen LogP contribution in [0.25, 0.3) is 0 Å². The van der Waals surface area contributed by atoms with E-state index in [1.807, 2.05) is 68.4 Å². The van der Waals surface area contributed by atoms with Gasteiger partial charge in [0.15, 0.2) is 0 Å². The Balaban J connectivity index is 2.18. The number of sulfonamides is 1. The summed E-state index contributed by atoms with van der Waals surface area (Å²) in [4.78, 5) is 13.4. The van der Waals surface area contributed by atoms with Crippen molar-refractivity contribution in [1.29, 1.82) is 0 Å². The van der Waals surface area contributed by atoms with E-state index in [-0.39, 0.29) is 36.8 Å². The van der Waals surface area contributed by atoms with Crippen LogP contribution in [-0.4, -0.2) is 77.5 Å². The zero-order chi connectivity index (χ0) is 29.8. The van der Waals surface area contributed by atoms with Gasteiger partial charge in [-0.15, -0.1) is 0 Å². The highest BCUT2D eigenvalue weighted by Gasteiger charge is 2.29. The second-order valence-corrected chi connectivity index (χ2v) is 14.6. The molecule has 0 fully saturated rings. The summed E-state index contributed by atoms with van der Waals surface area (Å²) in [5, 5.41) is 17.0. The van der Waals surface area contributed by atoms with Crippen LogP contribution in [0.5, 0.6) is 5.75 Å². The lowest BCUT2D eigenvalue weighted by molar-refractivity contribution is -0.124. The zero-order valence-corrected chi connectivity index (χ0v) is 25.3. The van der Waals surface area contributed by atoms with Crippen molar-refractivity contribution >= 4 is 25.8 Å². The molecular formula is C28H43N3O7S2. The van der Waals surface area contributed by atoms with Gasteiger partial charge in [0.1, 0.15) is 21.6 Å². The first kappa shape index (κ1) is 33.7. The molecule has 0 bridgehead atoms. The van der Waals surface area contributed by atoms with Gasteiger partial charge in [0.25, 0.3) is 0 Å². The van der Waals surface area contributed by atoms with E-state index in [1.165, 1.54) is 0 Å². The molecule has 2 aromatic rings. The minimum atomic E-state index is -3.84. The van der Waals surface area contributed by atoms with E-state index in [9.17, 15) is 26.7 Å². The van der Waals surface area contributed by atoms with Gasteiger partial charge in [-0.05, 0) is 48.4 Å². The summed E-state index contributed by atoms with van der Waals surface area (Å²) in [7, 11) is -5.71. The van der Waals surface area contributed by atoms with E-state index in [4.69, 9.17) is 4.74 Å². The molecular weight excluding hydrogens is 554 g/mol. The highest BCUT2D eigenvalue weighted by molar-refractivity contribution is 7.90. The molecule has 0 heterocycles. The number of sulfone groups is 1. The van der Waals surface area contributed by atoms with E-state index >= 15 is 0 Å². The summed E-state index contributed by atoms with van der Waals surface area (Å²) in [6.45, 7) is 4.37. The van der Waals surface area contributed by atoms with Crippen molar-refractivity contribution in [2.45, 2.75) is 57.8 Å². The van der Waals surface area contributed by atoms with Gasteiger partial charge in [0, 0.05) is 19.3 Å². The standard InChI is InChI=1S/C28H43N3O7S2/c1-21(2)13-16-40(36,37)31-25(14-15-39(4,34)35)28(33)30-26(18-22-9-6-5-7-10-22)27(32)20-29-19-23-11-8-12-24(17-23)38-3/h5-12,17,21,25-27,29,31-32H,13-16,18-20H2,1-4H3,(H,30,33)/t25?,26-,27+/m0/s1. The Bertz CT molecular complexity index is 1270. The zero-order valence-electron chi connectivity index (χ0n) is 23.7. The van der Waals surface area contributed by atoms with Crippen LogP contribution >= 0.6 is 0 Å². The third-order valence-corrected chi connectivity index (χ3v) is 8.68. The van der Waals surface area contributed by atoms with Crippen LogP contribution in [-0.2, 0) is 37.6 Å². The number of hydrogen-bond donors (Lipinski definition) is 4. The smallest absolute Gasteiger partial charge is 0.238 e. The lowest BCUT2D eigenvalue weighted by atomic mass is 10.00. The van der Waals surface area contributed by atoms with Crippen molar-refractivity contribution in [3.8, 4) is 5.75 Å². The number of carbonyl (C=O) groups is 1. The topological polar surface area (TPSA) is 151 Å². The highest BCUT2D eigenvalue weighted by atomic mass is 32.2. The van der Waals surface area contributed by atoms with Crippen LogP contribution < -0.4 is 20.1 Å². The number of rotatable bonds is 18. The number of carbonyl (C=O) groups excluding carboxylic acids is 1. The fourth-order valence-electron chi connectivity index (χ4n) is 3.97. The van der Waals surface area contributed by atoms with E-state index in [1.54, 1.807) is 7.11 Å². The monoisotopic (exact) mass is 597 g/mol. The van der Waals surface area contributed by atoms with Crippen molar-refractivity contribution in [3.63, 3.8) is 0 Å². The fourth-order valence-corrected chi connectivity index (χ4v) is 6.19. The van der Waals surface area contributed by atoms with Crippen LogP contribution in [0.2, 0.25) is 0 Å². The summed E-state index contributed by atoms with van der Waals surface area (Å²) in [5.41, 5.74) is 1.82. The Kier molecular flexibility index (Phi) is 13.5. The summed E-state index contributed by atoms with van der Waals surface area (Å²) in [6.07, 6.45) is 0.458. The normalized spacial score (nSPS) is 14.4. The van der Waals surface area contributed by atoms with Gasteiger partial charge >= 0.3 is 0 Å². The molecule has 224 valence electrons. The Morgan fingerprint density at radius 1 is 0.950 bits per heavy atom. The van der Waals surface area contributed by atoms with Crippen molar-refractivity contribution in [2.24, 2.45) is 5.92 Å². The number of benzene rings is 2. The summed E-state index contributed by atoms with van der Waals surface area (Å²) in [6, 6.07) is 14.7. The number of ether oxygens (including phenoxy) is 1. The molecule has 0 aliphatic rings. The predicted octanol–water partition coefficient (Wildman–Crippen LogP) is 1.64. The number of aliphatic hydroxyl groups is 1. The van der Waals surface area contributed by atoms with Crippen LogP contribution in [0.1, 0.15) is 37.8 Å². The van der Waals surface area contributed by atoms with Gasteiger partial charge in [0.05, 0.1) is 30.8 Å². The molecule has 0 aliphatic heterocycles. The summed E-state index contributed by atoms with van der Waals surface area (Å²) in [5.74, 6) is -0.395. The molecule has 1 amide bonds. The minimum absolute atomic E-state index is 0.134. The van der Waals surface area contributed by atoms with Crippen LogP contribution in [0.15, 0.2) is 54.6 Å². The van der Waals surface area contributed by atoms with Gasteiger partial charge in [0.2, 0.25) is 15.9 Å². The maximum Gasteiger partial charge on any atom is 0.238 e. The fraction of sp³-hybridized carbons (Fsp3) is 0.536. The number of methoxy groups -OCH3 is 1. The van der Waals surface area contributed by atoms with E-state index < -0.39 is 44.0 Å². The van der Waals surface area contributed by atoms with E-state index in [0.717, 1.165) is 17.4 Å². The molecule has 0 radical (unpaired) electrons. The van der Waals surface area contributed by atoms with Gasteiger partial charge in [-0.2, -0.15) is 0 Å². The van der Waals surface area contributed by atoms with Gasteiger partial charge in [-0.1, -0.05) is 56.3 Å². The molecule has 2 aromatic carbocycles. The highest BCUT2D eigenvalue weighted by Crippen LogP contribution is 2.13. The average molecular weight is 598 g/mol. The molecule has 0 saturated heterocycles. The minimum Gasteiger partial charge on any atom is -0.497 e. The first-order chi connectivity index (χ1) is 18.8.